The highest BCUT2D eigenvalue weighted by Crippen LogP contribution is 1.69. The first-order valence-electron chi connectivity index (χ1n) is 1.39. The van der Waals surface area contributed by atoms with Gasteiger partial charge in [-0.15, -0.1) is 11.6 Å². The van der Waals surface area contributed by atoms with Crippen molar-refractivity contribution in [3.63, 3.8) is 0 Å². The van der Waals surface area contributed by atoms with Gasteiger partial charge in [0, 0.05) is 11.2 Å². The third-order valence-electron chi connectivity index (χ3n) is 0.256. The highest BCUT2D eigenvalue weighted by molar-refractivity contribution is 8.30. The van der Waals surface area contributed by atoms with E-state index in [-0.39, 0.29) is 6.00 Å². The van der Waals surface area contributed by atoms with Crippen molar-refractivity contribution in [3.05, 3.63) is 0 Å². The number of nitrogens with two attached hydrogens (primary N) is 1. The van der Waals surface area contributed by atoms with Gasteiger partial charge in [0.25, 0.3) is 0 Å². The molecule has 0 aromatic rings. The summed E-state index contributed by atoms with van der Waals surface area (Å²) in [6.07, 6.45) is 0. The molecule has 0 fully saturated rings. The van der Waals surface area contributed by atoms with Crippen molar-refractivity contribution in [1.82, 2.24) is 4.72 Å². The summed E-state index contributed by atoms with van der Waals surface area (Å²) >= 11 is 9.24. The van der Waals surface area contributed by atoms with Gasteiger partial charge >= 0.3 is 0 Å². The second kappa shape index (κ2) is 2.78. The summed E-state index contributed by atoms with van der Waals surface area (Å²) in [6, 6.07) is 0.0266. The Morgan fingerprint density at radius 1 is 2.00 bits per heavy atom. The SMILES string of the molecule is NS(=O)(=S)NCCl. The number of rotatable bonds is 2. The van der Waals surface area contributed by atoms with Gasteiger partial charge in [0.1, 0.15) is 0 Å². The maximum Gasteiger partial charge on any atom is 0.151 e. The van der Waals surface area contributed by atoms with Gasteiger partial charge in [0.15, 0.2) is 8.86 Å². The first-order valence-corrected chi connectivity index (χ1v) is 4.47. The zero-order valence-corrected chi connectivity index (χ0v) is 5.78. The predicted octanol–water partition coefficient (Wildman–Crippen LogP) is -0.693. The molecule has 0 spiro atoms. The summed E-state index contributed by atoms with van der Waals surface area (Å²) in [4.78, 5) is 0. The number of halogens is 1. The van der Waals surface area contributed by atoms with E-state index in [0.29, 0.717) is 0 Å². The fraction of sp³-hybridized carbons (Fsp3) is 1.00. The smallest absolute Gasteiger partial charge is 0.151 e. The second-order valence-corrected chi connectivity index (χ2v) is 3.95. The lowest BCUT2D eigenvalue weighted by Gasteiger charge is -1.94. The summed E-state index contributed by atoms with van der Waals surface area (Å²) in [7, 11) is -2.72. The van der Waals surface area contributed by atoms with E-state index in [9.17, 15) is 4.21 Å². The Balaban J connectivity index is 3.60. The van der Waals surface area contributed by atoms with E-state index in [4.69, 9.17) is 16.7 Å². The largest absolute Gasteiger partial charge is 0.238 e. The molecule has 6 heteroatoms. The first-order chi connectivity index (χ1) is 3.06. The Kier molecular flexibility index (Phi) is 3.01. The third kappa shape index (κ3) is 6.58. The molecule has 44 valence electrons. The van der Waals surface area contributed by atoms with Crippen LogP contribution in [-0.2, 0) is 20.1 Å². The van der Waals surface area contributed by atoms with Crippen LogP contribution in [0.1, 0.15) is 0 Å². The lowest BCUT2D eigenvalue weighted by molar-refractivity contribution is 0.677. The van der Waals surface area contributed by atoms with E-state index in [1.807, 2.05) is 0 Å². The van der Waals surface area contributed by atoms with Gasteiger partial charge in [0.2, 0.25) is 0 Å². The Hall–Kier alpha value is 0.580. The van der Waals surface area contributed by atoms with Crippen LogP contribution in [0.25, 0.3) is 0 Å². The first kappa shape index (κ1) is 7.58. The summed E-state index contributed by atoms with van der Waals surface area (Å²) in [5.41, 5.74) is 0. The normalized spacial score (nSPS) is 18.6. The number of hydrogen-bond donors (Lipinski definition) is 2. The average molecular weight is 161 g/mol. The third-order valence-corrected chi connectivity index (χ3v) is 1.45. The molecule has 0 aliphatic heterocycles. The fourth-order valence-corrected chi connectivity index (χ4v) is 1.09. The lowest BCUT2D eigenvalue weighted by Crippen LogP contribution is -2.28. The van der Waals surface area contributed by atoms with Crippen molar-refractivity contribution in [1.29, 1.82) is 0 Å². The molecule has 0 bridgehead atoms. The molecule has 0 aromatic heterocycles. The minimum Gasteiger partial charge on any atom is -0.238 e. The summed E-state index contributed by atoms with van der Waals surface area (Å²) < 4.78 is 12.4. The molecule has 0 heterocycles. The predicted molar refractivity (Wildman–Crippen MR) is 33.6 cm³/mol. The van der Waals surface area contributed by atoms with Crippen LogP contribution in [-0.4, -0.2) is 10.2 Å². The zero-order valence-electron chi connectivity index (χ0n) is 3.39. The quantitative estimate of drug-likeness (QED) is 0.415. The molecular formula is CH5ClN2OS2. The molecule has 0 aromatic carbocycles. The highest BCUT2D eigenvalue weighted by Gasteiger charge is 1.89. The van der Waals surface area contributed by atoms with Crippen molar-refractivity contribution in [2.45, 2.75) is 0 Å². The van der Waals surface area contributed by atoms with Gasteiger partial charge in [-0.05, 0) is 0 Å². The van der Waals surface area contributed by atoms with Crippen LogP contribution in [0.15, 0.2) is 0 Å². The van der Waals surface area contributed by atoms with E-state index in [0.717, 1.165) is 0 Å². The Morgan fingerprint density at radius 2 is 2.43 bits per heavy atom. The molecule has 3 N–H and O–H groups in total. The van der Waals surface area contributed by atoms with Crippen LogP contribution < -0.4 is 9.86 Å². The Bertz CT molecular complexity index is 129. The molecule has 1 unspecified atom stereocenters. The molecule has 1 atom stereocenters. The van der Waals surface area contributed by atoms with E-state index in [1.165, 1.54) is 0 Å². The van der Waals surface area contributed by atoms with Gasteiger partial charge in [-0.3, -0.25) is 0 Å². The molecule has 0 rings (SSSR count). The van der Waals surface area contributed by atoms with Crippen LogP contribution in [0.4, 0.5) is 0 Å². The van der Waals surface area contributed by atoms with Gasteiger partial charge in [0.05, 0.1) is 6.00 Å². The van der Waals surface area contributed by atoms with E-state index >= 15 is 0 Å². The van der Waals surface area contributed by atoms with E-state index in [2.05, 4.69) is 15.9 Å². The zero-order chi connectivity index (χ0) is 5.91. The van der Waals surface area contributed by atoms with Gasteiger partial charge < -0.3 is 0 Å². The molecule has 0 saturated carbocycles. The van der Waals surface area contributed by atoms with Gasteiger partial charge in [-0.2, -0.15) is 0 Å². The topological polar surface area (TPSA) is 55.1 Å². The summed E-state index contributed by atoms with van der Waals surface area (Å²) in [5.74, 6) is 0. The molecule has 0 amide bonds. The van der Waals surface area contributed by atoms with Crippen LogP contribution >= 0.6 is 11.6 Å². The maximum atomic E-state index is 10.2. The molecule has 0 saturated heterocycles. The number of alkyl halides is 1. The monoisotopic (exact) mass is 160 g/mol. The molecule has 0 radical (unpaired) electrons. The van der Waals surface area contributed by atoms with Crippen LogP contribution in [0.3, 0.4) is 0 Å². The molecular weight excluding hydrogens is 156 g/mol. The van der Waals surface area contributed by atoms with Crippen molar-refractivity contribution < 1.29 is 4.21 Å². The fourth-order valence-electron chi connectivity index (χ4n) is 0.0760. The lowest BCUT2D eigenvalue weighted by atomic mass is 11.6. The Morgan fingerprint density at radius 3 is 2.43 bits per heavy atom. The Labute approximate surface area is 52.2 Å². The van der Waals surface area contributed by atoms with Crippen LogP contribution in [0.5, 0.6) is 0 Å². The highest BCUT2D eigenvalue weighted by atomic mass is 35.5. The van der Waals surface area contributed by atoms with Crippen molar-refractivity contribution >= 4 is 31.7 Å². The van der Waals surface area contributed by atoms with Crippen molar-refractivity contribution in [2.24, 2.45) is 5.14 Å². The standard InChI is InChI=1S/CH5ClN2OS2/c2-1-4-7(3,5)6/h4H,1H2,(H2,3,5,6). The van der Waals surface area contributed by atoms with E-state index in [1.54, 1.807) is 0 Å². The molecule has 0 aliphatic carbocycles. The van der Waals surface area contributed by atoms with Gasteiger partial charge in [-0.25, -0.2) is 14.1 Å². The summed E-state index contributed by atoms with van der Waals surface area (Å²) in [5, 5.41) is 4.79. The average Bonchev–Trinajstić information content (AvgIpc) is 1.30. The molecule has 0 aliphatic rings. The number of hydrogen-bond acceptors (Lipinski definition) is 2. The summed E-state index contributed by atoms with van der Waals surface area (Å²) in [6.45, 7) is 0. The van der Waals surface area contributed by atoms with E-state index < -0.39 is 8.86 Å². The van der Waals surface area contributed by atoms with Gasteiger partial charge in [-0.1, -0.05) is 0 Å². The second-order valence-electron chi connectivity index (χ2n) is 0.823. The van der Waals surface area contributed by atoms with Crippen LogP contribution in [0.2, 0.25) is 0 Å². The maximum absolute atomic E-state index is 10.2. The molecule has 3 nitrogen and oxygen atoms in total. The minimum atomic E-state index is -2.72. The van der Waals surface area contributed by atoms with Crippen molar-refractivity contribution in [3.8, 4) is 0 Å². The minimum absolute atomic E-state index is 0.0266. The molecule has 7 heavy (non-hydrogen) atoms. The van der Waals surface area contributed by atoms with Crippen LogP contribution in [0, 0.1) is 0 Å². The number of nitrogens with one attached hydrogen (secondary N) is 1. The van der Waals surface area contributed by atoms with Crippen molar-refractivity contribution in [2.75, 3.05) is 6.00 Å².